The molecule has 0 N–H and O–H groups in total. The lowest BCUT2D eigenvalue weighted by Gasteiger charge is -2.19. The minimum absolute atomic E-state index is 1.01. The van der Waals surface area contributed by atoms with Gasteiger partial charge in [0.25, 0.3) is 0 Å². The fourth-order valence-electron chi connectivity index (χ4n) is 2.75. The van der Waals surface area contributed by atoms with Gasteiger partial charge in [0.15, 0.2) is 8.80 Å². The molecule has 0 unspecified atom stereocenters. The van der Waals surface area contributed by atoms with Crippen LogP contribution in [-0.2, 0) is 0 Å². The minimum atomic E-state index is -1.01. The van der Waals surface area contributed by atoms with Crippen LogP contribution >= 0.6 is 0 Å². The largest absolute Gasteiger partial charge is 0.155 e. The number of hydrogen-bond acceptors (Lipinski definition) is 0. The van der Waals surface area contributed by atoms with Gasteiger partial charge >= 0.3 is 0 Å². The van der Waals surface area contributed by atoms with Crippen LogP contribution in [0.5, 0.6) is 0 Å². The highest BCUT2D eigenvalue weighted by Crippen LogP contribution is 2.05. The number of benzene rings is 3. The summed E-state index contributed by atoms with van der Waals surface area (Å²) in [5.74, 6) is 0. The van der Waals surface area contributed by atoms with E-state index >= 15 is 0 Å². The molecule has 0 fully saturated rings. The quantitative estimate of drug-likeness (QED) is 0.513. The fraction of sp³-hybridized carbons (Fsp3) is 0.0476. The zero-order chi connectivity index (χ0) is 15.4. The van der Waals surface area contributed by atoms with Crippen LogP contribution in [0, 0.1) is 6.92 Å². The fourth-order valence-corrected chi connectivity index (χ4v) is 5.60. The topological polar surface area (TPSA) is 0 Å². The van der Waals surface area contributed by atoms with E-state index in [1.54, 1.807) is 0 Å². The molecule has 0 amide bonds. The van der Waals surface area contributed by atoms with Gasteiger partial charge in [0.1, 0.15) is 0 Å². The zero-order valence-corrected chi connectivity index (χ0v) is 13.8. The standard InChI is InChI=1S/C21H19Si/c1-3-18-15-14-17(2)16-21(18)22(19-10-6-4-7-11-19)20-12-8-5-9-13-20/h3-16H,1H2,2H3. The van der Waals surface area contributed by atoms with Gasteiger partial charge in [0.05, 0.1) is 0 Å². The van der Waals surface area contributed by atoms with E-state index in [4.69, 9.17) is 0 Å². The summed E-state index contributed by atoms with van der Waals surface area (Å²) in [5, 5.41) is 4.23. The molecule has 0 heterocycles. The highest BCUT2D eigenvalue weighted by Gasteiger charge is 2.21. The molecule has 1 heteroatoms. The Balaban J connectivity index is 2.23. The van der Waals surface area contributed by atoms with E-state index in [1.807, 2.05) is 6.08 Å². The van der Waals surface area contributed by atoms with Crippen LogP contribution in [0.3, 0.4) is 0 Å². The van der Waals surface area contributed by atoms with Crippen molar-refractivity contribution in [2.75, 3.05) is 0 Å². The molecular weight excluding hydrogens is 280 g/mol. The summed E-state index contributed by atoms with van der Waals surface area (Å²) in [6, 6.07) is 28.4. The Morgan fingerprint density at radius 2 is 1.32 bits per heavy atom. The van der Waals surface area contributed by atoms with Gasteiger partial charge < -0.3 is 0 Å². The molecule has 22 heavy (non-hydrogen) atoms. The normalized spacial score (nSPS) is 10.6. The maximum atomic E-state index is 4.01. The van der Waals surface area contributed by atoms with Crippen molar-refractivity contribution in [2.24, 2.45) is 0 Å². The summed E-state index contributed by atoms with van der Waals surface area (Å²) in [5.41, 5.74) is 2.54. The van der Waals surface area contributed by atoms with E-state index in [0.717, 1.165) is 0 Å². The van der Waals surface area contributed by atoms with Crippen molar-refractivity contribution in [3.63, 3.8) is 0 Å². The minimum Gasteiger partial charge on any atom is -0.0985 e. The third kappa shape index (κ3) is 2.95. The first kappa shape index (κ1) is 14.5. The summed E-state index contributed by atoms with van der Waals surface area (Å²) >= 11 is 0. The van der Waals surface area contributed by atoms with Crippen molar-refractivity contribution in [2.45, 2.75) is 6.92 Å². The van der Waals surface area contributed by atoms with Crippen LogP contribution in [0.15, 0.2) is 85.4 Å². The maximum Gasteiger partial charge on any atom is 0.155 e. The third-order valence-corrected chi connectivity index (χ3v) is 6.62. The average Bonchev–Trinajstić information content (AvgIpc) is 2.57. The van der Waals surface area contributed by atoms with Gasteiger partial charge in [0.2, 0.25) is 0 Å². The van der Waals surface area contributed by atoms with Crippen molar-refractivity contribution in [1.29, 1.82) is 0 Å². The Morgan fingerprint density at radius 1 is 0.773 bits per heavy atom. The Hall–Kier alpha value is -2.38. The van der Waals surface area contributed by atoms with Crippen molar-refractivity contribution in [1.82, 2.24) is 0 Å². The zero-order valence-electron chi connectivity index (χ0n) is 12.8. The third-order valence-electron chi connectivity index (χ3n) is 3.82. The van der Waals surface area contributed by atoms with Crippen LogP contribution in [0.4, 0.5) is 0 Å². The van der Waals surface area contributed by atoms with Crippen LogP contribution < -0.4 is 15.6 Å². The van der Waals surface area contributed by atoms with Crippen LogP contribution in [0.1, 0.15) is 11.1 Å². The first-order valence-electron chi connectivity index (χ1n) is 7.51. The maximum absolute atomic E-state index is 4.01. The van der Waals surface area contributed by atoms with Crippen molar-refractivity contribution in [3.8, 4) is 0 Å². The van der Waals surface area contributed by atoms with E-state index in [9.17, 15) is 0 Å². The Kier molecular flexibility index (Phi) is 4.36. The molecule has 3 rings (SSSR count). The molecular formula is C21H19Si. The molecule has 3 aromatic rings. The molecule has 3 aromatic carbocycles. The molecule has 0 aliphatic rings. The molecule has 0 spiro atoms. The number of rotatable bonds is 4. The first-order valence-corrected chi connectivity index (χ1v) is 9.01. The van der Waals surface area contributed by atoms with E-state index in [2.05, 4.69) is 92.4 Å². The van der Waals surface area contributed by atoms with Gasteiger partial charge in [-0.25, -0.2) is 0 Å². The number of aryl methyl sites for hydroxylation is 1. The highest BCUT2D eigenvalue weighted by atomic mass is 28.3. The second-order valence-corrected chi connectivity index (χ2v) is 7.85. The summed E-state index contributed by atoms with van der Waals surface area (Å²) < 4.78 is 0. The van der Waals surface area contributed by atoms with E-state index in [1.165, 1.54) is 26.7 Å². The predicted octanol–water partition coefficient (Wildman–Crippen LogP) is 3.15. The Morgan fingerprint density at radius 3 is 1.82 bits per heavy atom. The van der Waals surface area contributed by atoms with Crippen molar-refractivity contribution >= 4 is 30.4 Å². The highest BCUT2D eigenvalue weighted by molar-refractivity contribution is 6.95. The lowest BCUT2D eigenvalue weighted by molar-refractivity contribution is 1.48. The molecule has 0 atom stereocenters. The van der Waals surface area contributed by atoms with Crippen molar-refractivity contribution in [3.05, 3.63) is 96.6 Å². The summed E-state index contributed by atoms with van der Waals surface area (Å²) in [7, 11) is -1.01. The van der Waals surface area contributed by atoms with Gasteiger partial charge in [-0.15, -0.1) is 0 Å². The van der Waals surface area contributed by atoms with Gasteiger partial charge in [0, 0.05) is 0 Å². The van der Waals surface area contributed by atoms with Gasteiger partial charge in [-0.1, -0.05) is 107 Å². The summed E-state index contributed by atoms with van der Waals surface area (Å²) in [4.78, 5) is 0. The lowest BCUT2D eigenvalue weighted by Crippen LogP contribution is -2.52. The molecule has 0 saturated heterocycles. The molecule has 0 nitrogen and oxygen atoms in total. The van der Waals surface area contributed by atoms with Gasteiger partial charge in [-0.2, -0.15) is 0 Å². The van der Waals surface area contributed by atoms with E-state index in [-0.39, 0.29) is 0 Å². The smallest absolute Gasteiger partial charge is 0.0985 e. The molecule has 0 aliphatic heterocycles. The Labute approximate surface area is 134 Å². The molecule has 0 aliphatic carbocycles. The molecule has 1 radical (unpaired) electrons. The molecule has 107 valence electrons. The molecule has 0 aromatic heterocycles. The Bertz CT molecular complexity index is 721. The second-order valence-electron chi connectivity index (χ2n) is 5.40. The van der Waals surface area contributed by atoms with Crippen LogP contribution in [0.2, 0.25) is 0 Å². The van der Waals surface area contributed by atoms with Crippen LogP contribution in [-0.4, -0.2) is 8.80 Å². The van der Waals surface area contributed by atoms with Crippen LogP contribution in [0.25, 0.3) is 6.08 Å². The predicted molar refractivity (Wildman–Crippen MR) is 98.8 cm³/mol. The van der Waals surface area contributed by atoms with Crippen molar-refractivity contribution < 1.29 is 0 Å². The van der Waals surface area contributed by atoms with E-state index < -0.39 is 8.80 Å². The van der Waals surface area contributed by atoms with E-state index in [0.29, 0.717) is 0 Å². The number of hydrogen-bond donors (Lipinski definition) is 0. The van der Waals surface area contributed by atoms with Gasteiger partial charge in [-0.05, 0) is 17.7 Å². The second kappa shape index (κ2) is 6.59. The average molecular weight is 299 g/mol. The van der Waals surface area contributed by atoms with Gasteiger partial charge in [-0.3, -0.25) is 0 Å². The first-order chi connectivity index (χ1) is 10.8. The molecule has 0 saturated carbocycles. The monoisotopic (exact) mass is 299 g/mol. The SMILES string of the molecule is C=Cc1ccc(C)cc1[Si](c1ccccc1)c1ccccc1. The summed E-state index contributed by atoms with van der Waals surface area (Å²) in [6.07, 6.45) is 1.98. The molecule has 0 bridgehead atoms. The lowest BCUT2D eigenvalue weighted by atomic mass is 10.1. The summed E-state index contributed by atoms with van der Waals surface area (Å²) in [6.45, 7) is 6.17.